The van der Waals surface area contributed by atoms with E-state index in [-0.39, 0.29) is 12.0 Å². The number of hydrogen-bond donors (Lipinski definition) is 2. The van der Waals surface area contributed by atoms with Gasteiger partial charge in [-0.15, -0.1) is 0 Å². The fourth-order valence-electron chi connectivity index (χ4n) is 6.01. The molecule has 0 spiro atoms. The molecule has 4 unspecified atom stereocenters. The van der Waals surface area contributed by atoms with Gasteiger partial charge in [0.25, 0.3) is 0 Å². The zero-order chi connectivity index (χ0) is 30.3. The summed E-state index contributed by atoms with van der Waals surface area (Å²) in [5.41, 5.74) is 2.64. The van der Waals surface area contributed by atoms with E-state index in [2.05, 4.69) is 21.9 Å². The number of rotatable bonds is 11. The third-order valence-electron chi connectivity index (χ3n) is 8.34. The third-order valence-corrected chi connectivity index (χ3v) is 8.34. The molecule has 2 heterocycles. The Labute approximate surface area is 254 Å². The molecule has 0 aromatic heterocycles. The van der Waals surface area contributed by atoms with Gasteiger partial charge in [-0.25, -0.2) is 9.80 Å². The minimum atomic E-state index is -0.723. The minimum Gasteiger partial charge on any atom is -0.475 e. The van der Waals surface area contributed by atoms with E-state index in [0.29, 0.717) is 56.1 Å². The molecule has 4 atom stereocenters. The lowest BCUT2D eigenvalue weighted by Crippen LogP contribution is -2.58. The highest BCUT2D eigenvalue weighted by molar-refractivity contribution is 5.97. The average Bonchev–Trinajstić information content (AvgIpc) is 3.03. The second-order valence-electron chi connectivity index (χ2n) is 11.2. The van der Waals surface area contributed by atoms with Gasteiger partial charge in [0.1, 0.15) is 24.0 Å². The van der Waals surface area contributed by atoms with Crippen molar-refractivity contribution in [3.05, 3.63) is 84.4 Å². The summed E-state index contributed by atoms with van der Waals surface area (Å²) < 4.78 is 12.9. The maximum atomic E-state index is 12.6. The van der Waals surface area contributed by atoms with Crippen LogP contribution in [0.5, 0.6) is 11.5 Å². The molecule has 3 aromatic rings. The van der Waals surface area contributed by atoms with Gasteiger partial charge in [-0.1, -0.05) is 50.2 Å². The second kappa shape index (κ2) is 14.2. The van der Waals surface area contributed by atoms with Gasteiger partial charge >= 0.3 is 0 Å². The van der Waals surface area contributed by atoms with Crippen molar-refractivity contribution in [1.82, 2.24) is 9.80 Å². The number of hydrogen-bond acceptors (Lipinski definition) is 9. The SMILES string of the molecule is CCC(Oc1ccc(C(C)=O)c(OC(CC)N2CCN(c3ccccc3)CC2O)c1)N1CCN(c2ccccc2)CC1O. The molecule has 3 aromatic carbocycles. The largest absolute Gasteiger partial charge is 0.475 e. The third kappa shape index (κ3) is 7.30. The Morgan fingerprint density at radius 2 is 1.23 bits per heavy atom. The van der Waals surface area contributed by atoms with Crippen LogP contribution < -0.4 is 19.3 Å². The zero-order valence-corrected chi connectivity index (χ0v) is 25.4. The monoisotopic (exact) mass is 588 g/mol. The van der Waals surface area contributed by atoms with Crippen LogP contribution in [0.2, 0.25) is 0 Å². The van der Waals surface area contributed by atoms with Gasteiger partial charge in [0.2, 0.25) is 0 Å². The van der Waals surface area contributed by atoms with Crippen molar-refractivity contribution in [2.24, 2.45) is 0 Å². The molecular formula is C34H44N4O5. The predicted molar refractivity (Wildman–Crippen MR) is 169 cm³/mol. The number of anilines is 2. The van der Waals surface area contributed by atoms with E-state index in [1.165, 1.54) is 6.92 Å². The fraction of sp³-hybridized carbons (Fsp3) is 0.441. The lowest BCUT2D eigenvalue weighted by molar-refractivity contribution is -0.0967. The van der Waals surface area contributed by atoms with E-state index < -0.39 is 18.7 Å². The number of aliphatic hydroxyl groups is 2. The van der Waals surface area contributed by atoms with Crippen molar-refractivity contribution in [3.8, 4) is 11.5 Å². The summed E-state index contributed by atoms with van der Waals surface area (Å²) in [6.07, 6.45) is -0.885. The fourth-order valence-corrected chi connectivity index (χ4v) is 6.01. The molecule has 0 aliphatic carbocycles. The first-order valence-electron chi connectivity index (χ1n) is 15.3. The van der Waals surface area contributed by atoms with Gasteiger partial charge in [0.05, 0.1) is 18.7 Å². The van der Waals surface area contributed by atoms with Gasteiger partial charge < -0.3 is 29.5 Å². The highest BCUT2D eigenvalue weighted by atomic mass is 16.5. The van der Waals surface area contributed by atoms with E-state index in [4.69, 9.17) is 9.47 Å². The van der Waals surface area contributed by atoms with Crippen molar-refractivity contribution >= 4 is 17.2 Å². The van der Waals surface area contributed by atoms with Crippen molar-refractivity contribution in [3.63, 3.8) is 0 Å². The zero-order valence-electron chi connectivity index (χ0n) is 25.4. The molecule has 2 fully saturated rings. The summed E-state index contributed by atoms with van der Waals surface area (Å²) in [4.78, 5) is 20.9. The van der Waals surface area contributed by atoms with Crippen LogP contribution >= 0.6 is 0 Å². The Balaban J connectivity index is 1.27. The summed E-state index contributed by atoms with van der Waals surface area (Å²) in [6, 6.07) is 25.5. The lowest BCUT2D eigenvalue weighted by Gasteiger charge is -2.43. The molecule has 230 valence electrons. The predicted octanol–water partition coefficient (Wildman–Crippen LogP) is 4.40. The van der Waals surface area contributed by atoms with Crippen LogP contribution in [0, 0.1) is 0 Å². The molecule has 0 radical (unpaired) electrons. The van der Waals surface area contributed by atoms with E-state index in [9.17, 15) is 15.0 Å². The van der Waals surface area contributed by atoms with Crippen molar-refractivity contribution in [1.29, 1.82) is 0 Å². The normalized spacial score (nSPS) is 21.3. The van der Waals surface area contributed by atoms with E-state index >= 15 is 0 Å². The second-order valence-corrected chi connectivity index (χ2v) is 11.2. The van der Waals surface area contributed by atoms with Crippen LogP contribution in [0.15, 0.2) is 78.9 Å². The topological polar surface area (TPSA) is 89.0 Å². The summed E-state index contributed by atoms with van der Waals surface area (Å²) in [6.45, 7) is 9.31. The lowest BCUT2D eigenvalue weighted by atomic mass is 10.1. The Morgan fingerprint density at radius 3 is 1.67 bits per heavy atom. The van der Waals surface area contributed by atoms with Gasteiger partial charge in [-0.3, -0.25) is 4.79 Å². The molecule has 2 aliphatic rings. The average molecular weight is 589 g/mol. The van der Waals surface area contributed by atoms with Gasteiger partial charge in [-0.2, -0.15) is 0 Å². The number of nitrogens with zero attached hydrogens (tertiary/aromatic N) is 4. The summed E-state index contributed by atoms with van der Waals surface area (Å²) >= 11 is 0. The molecule has 0 amide bonds. The van der Waals surface area contributed by atoms with Crippen LogP contribution in [0.3, 0.4) is 0 Å². The number of carbonyl (C=O) groups excluding carboxylic acids is 1. The van der Waals surface area contributed by atoms with Crippen LogP contribution in [0.4, 0.5) is 11.4 Å². The van der Waals surface area contributed by atoms with Crippen LogP contribution in [-0.2, 0) is 0 Å². The minimum absolute atomic E-state index is 0.106. The highest BCUT2D eigenvalue weighted by Crippen LogP contribution is 2.31. The first-order valence-corrected chi connectivity index (χ1v) is 15.3. The van der Waals surface area contributed by atoms with Crippen molar-refractivity contribution in [2.75, 3.05) is 49.1 Å². The van der Waals surface area contributed by atoms with Gasteiger partial charge in [-0.05, 0) is 56.2 Å². The van der Waals surface area contributed by atoms with Crippen molar-refractivity contribution in [2.45, 2.75) is 58.5 Å². The number of ketones is 1. The number of carbonyl (C=O) groups is 1. The maximum Gasteiger partial charge on any atom is 0.163 e. The molecule has 9 nitrogen and oxygen atoms in total. The van der Waals surface area contributed by atoms with Crippen LogP contribution in [0.25, 0.3) is 0 Å². The van der Waals surface area contributed by atoms with Gasteiger partial charge in [0, 0.05) is 43.6 Å². The molecule has 0 saturated carbocycles. The summed E-state index contributed by atoms with van der Waals surface area (Å²) in [5, 5.41) is 22.2. The van der Waals surface area contributed by atoms with E-state index in [1.807, 2.05) is 72.2 Å². The number of piperazine rings is 2. The Hall–Kier alpha value is -3.63. The molecule has 0 bridgehead atoms. The molecule has 5 rings (SSSR count). The molecule has 9 heteroatoms. The van der Waals surface area contributed by atoms with E-state index in [1.54, 1.807) is 18.2 Å². The number of ether oxygens (including phenoxy) is 2. The number of β-amino-alcohol motifs (C(OH)–C–C–N with tert-alkyl or cyclic N) is 2. The van der Waals surface area contributed by atoms with Crippen LogP contribution in [-0.4, -0.2) is 90.0 Å². The van der Waals surface area contributed by atoms with Gasteiger partial charge in [0.15, 0.2) is 18.2 Å². The first-order chi connectivity index (χ1) is 20.9. The highest BCUT2D eigenvalue weighted by Gasteiger charge is 2.33. The number of Topliss-reactive ketones (excluding diaryl/α,β-unsaturated/α-hetero) is 1. The number of benzene rings is 3. The quantitative estimate of drug-likeness (QED) is 0.317. The summed E-state index contributed by atoms with van der Waals surface area (Å²) in [7, 11) is 0. The Morgan fingerprint density at radius 1 is 0.744 bits per heavy atom. The molecule has 2 saturated heterocycles. The molecule has 2 aliphatic heterocycles. The Kier molecular flexibility index (Phi) is 10.2. The number of aliphatic hydroxyl groups excluding tert-OH is 2. The standard InChI is InChI=1S/C34H44N4O5/c1-4-33(37-20-18-35(23-31(37)40)26-12-8-6-9-13-26)42-28-16-17-29(25(3)39)30(22-28)43-34(5-2)38-21-19-36(24-32(38)41)27-14-10-7-11-15-27/h6-17,22,31-34,40-41H,4-5,18-21,23-24H2,1-3H3. The number of para-hydroxylation sites is 2. The van der Waals surface area contributed by atoms with Crippen molar-refractivity contribution < 1.29 is 24.5 Å². The smallest absolute Gasteiger partial charge is 0.163 e. The first kappa shape index (κ1) is 30.8. The molecular weight excluding hydrogens is 544 g/mol. The molecule has 43 heavy (non-hydrogen) atoms. The van der Waals surface area contributed by atoms with Crippen LogP contribution in [0.1, 0.15) is 44.0 Å². The van der Waals surface area contributed by atoms with E-state index in [0.717, 1.165) is 24.5 Å². The Bertz CT molecular complexity index is 1330. The molecule has 2 N–H and O–H groups in total. The maximum absolute atomic E-state index is 12.6. The summed E-state index contributed by atoms with van der Waals surface area (Å²) in [5.74, 6) is 0.887.